The van der Waals surface area contributed by atoms with E-state index in [-0.39, 0.29) is 12.4 Å². The third-order valence-corrected chi connectivity index (χ3v) is 2.52. The van der Waals surface area contributed by atoms with Crippen LogP contribution in [0.25, 0.3) is 10.9 Å². The van der Waals surface area contributed by atoms with Crippen LogP contribution in [0, 0.1) is 0 Å². The zero-order chi connectivity index (χ0) is 11.7. The van der Waals surface area contributed by atoms with E-state index in [2.05, 4.69) is 0 Å². The van der Waals surface area contributed by atoms with Crippen LogP contribution < -0.4 is 5.73 Å². The fraction of sp³-hybridized carbons (Fsp3) is 0.250. The van der Waals surface area contributed by atoms with Crippen LogP contribution in [0.2, 0.25) is 0 Å². The summed E-state index contributed by atoms with van der Waals surface area (Å²) in [5.41, 5.74) is 6.63. The number of aromatic nitrogens is 1. The maximum atomic E-state index is 11.1. The van der Waals surface area contributed by atoms with Crippen molar-refractivity contribution in [3.05, 3.63) is 36.0 Å². The number of nitrogens with two attached hydrogens (primary N) is 1. The summed E-state index contributed by atoms with van der Waals surface area (Å²) in [6.07, 6.45) is 1.47. The Bertz CT molecular complexity index is 534. The van der Waals surface area contributed by atoms with Crippen molar-refractivity contribution in [3.8, 4) is 0 Å². The summed E-state index contributed by atoms with van der Waals surface area (Å²) in [6, 6.07) is 7.26. The molecule has 0 aliphatic rings. The SMILES string of the molecule is CC(O)Cn1ccc2ccc(C(N)=O)cc21.Cl. The highest BCUT2D eigenvalue weighted by molar-refractivity contribution is 5.97. The number of benzene rings is 1. The predicted octanol–water partition coefficient (Wildman–Crippen LogP) is 1.54. The molecule has 17 heavy (non-hydrogen) atoms. The molecule has 0 aliphatic heterocycles. The molecule has 0 fully saturated rings. The molecule has 2 rings (SSSR count). The van der Waals surface area contributed by atoms with E-state index >= 15 is 0 Å². The van der Waals surface area contributed by atoms with Gasteiger partial charge in [-0.25, -0.2) is 0 Å². The number of carbonyl (C=O) groups is 1. The second-order valence-corrected chi connectivity index (χ2v) is 3.95. The van der Waals surface area contributed by atoms with Gasteiger partial charge in [0.15, 0.2) is 0 Å². The highest BCUT2D eigenvalue weighted by Gasteiger charge is 2.06. The minimum absolute atomic E-state index is 0. The molecule has 0 bridgehead atoms. The Morgan fingerprint density at radius 1 is 1.47 bits per heavy atom. The van der Waals surface area contributed by atoms with E-state index in [4.69, 9.17) is 5.73 Å². The number of halogens is 1. The topological polar surface area (TPSA) is 68.2 Å². The van der Waals surface area contributed by atoms with E-state index < -0.39 is 12.0 Å². The lowest BCUT2D eigenvalue weighted by atomic mass is 10.1. The van der Waals surface area contributed by atoms with Crippen molar-refractivity contribution in [1.29, 1.82) is 0 Å². The zero-order valence-corrected chi connectivity index (χ0v) is 10.3. The van der Waals surface area contributed by atoms with Crippen molar-refractivity contribution >= 4 is 29.2 Å². The van der Waals surface area contributed by atoms with Crippen molar-refractivity contribution in [2.45, 2.75) is 19.6 Å². The van der Waals surface area contributed by atoms with Gasteiger partial charge >= 0.3 is 0 Å². The molecule has 1 heterocycles. The molecule has 0 aliphatic carbocycles. The molecule has 1 aromatic carbocycles. The highest BCUT2D eigenvalue weighted by Crippen LogP contribution is 2.18. The number of hydrogen-bond acceptors (Lipinski definition) is 2. The van der Waals surface area contributed by atoms with E-state index in [1.54, 1.807) is 19.1 Å². The normalized spacial score (nSPS) is 12.1. The molecule has 0 saturated carbocycles. The molecule has 5 heteroatoms. The first kappa shape index (κ1) is 13.5. The molecular formula is C12H15ClN2O2. The molecule has 1 aromatic heterocycles. The number of hydrogen-bond donors (Lipinski definition) is 2. The number of carbonyl (C=O) groups excluding carboxylic acids is 1. The van der Waals surface area contributed by atoms with E-state index in [0.29, 0.717) is 12.1 Å². The first-order valence-corrected chi connectivity index (χ1v) is 5.14. The van der Waals surface area contributed by atoms with Crippen molar-refractivity contribution in [2.75, 3.05) is 0 Å². The van der Waals surface area contributed by atoms with Gasteiger partial charge in [0.1, 0.15) is 0 Å². The van der Waals surface area contributed by atoms with Crippen molar-refractivity contribution in [1.82, 2.24) is 4.57 Å². The van der Waals surface area contributed by atoms with Gasteiger partial charge < -0.3 is 15.4 Å². The van der Waals surface area contributed by atoms with Crippen LogP contribution >= 0.6 is 12.4 Å². The third-order valence-electron chi connectivity index (χ3n) is 2.52. The minimum atomic E-state index is -0.438. The number of aliphatic hydroxyl groups excluding tert-OH is 1. The lowest BCUT2D eigenvalue weighted by molar-refractivity contribution is 0.100. The van der Waals surface area contributed by atoms with Gasteiger partial charge in [-0.2, -0.15) is 0 Å². The molecule has 1 amide bonds. The van der Waals surface area contributed by atoms with Crippen LogP contribution in [0.15, 0.2) is 30.5 Å². The number of primary amides is 1. The lowest BCUT2D eigenvalue weighted by Gasteiger charge is -2.08. The Kier molecular flexibility index (Phi) is 4.15. The second kappa shape index (κ2) is 5.21. The molecule has 1 unspecified atom stereocenters. The van der Waals surface area contributed by atoms with E-state index in [0.717, 1.165) is 10.9 Å². The maximum Gasteiger partial charge on any atom is 0.248 e. The average molecular weight is 255 g/mol. The van der Waals surface area contributed by atoms with Gasteiger partial charge in [0.05, 0.1) is 6.10 Å². The Morgan fingerprint density at radius 3 is 2.76 bits per heavy atom. The monoisotopic (exact) mass is 254 g/mol. The molecule has 4 nitrogen and oxygen atoms in total. The van der Waals surface area contributed by atoms with Crippen LogP contribution in [0.5, 0.6) is 0 Å². The summed E-state index contributed by atoms with van der Waals surface area (Å²) in [6.45, 7) is 2.23. The summed E-state index contributed by atoms with van der Waals surface area (Å²) >= 11 is 0. The first-order valence-electron chi connectivity index (χ1n) is 5.14. The van der Waals surface area contributed by atoms with Crippen LogP contribution in [0.3, 0.4) is 0 Å². The third kappa shape index (κ3) is 2.78. The van der Waals surface area contributed by atoms with Crippen molar-refractivity contribution < 1.29 is 9.90 Å². The van der Waals surface area contributed by atoms with Gasteiger partial charge in [-0.05, 0) is 30.5 Å². The smallest absolute Gasteiger partial charge is 0.248 e. The summed E-state index contributed by atoms with van der Waals surface area (Å²) in [7, 11) is 0. The molecule has 3 N–H and O–H groups in total. The Hall–Kier alpha value is -1.52. The lowest BCUT2D eigenvalue weighted by Crippen LogP contribution is -2.12. The second-order valence-electron chi connectivity index (χ2n) is 3.95. The van der Waals surface area contributed by atoms with Crippen LogP contribution in [0.1, 0.15) is 17.3 Å². The van der Waals surface area contributed by atoms with Gasteiger partial charge in [-0.3, -0.25) is 4.79 Å². The number of aliphatic hydroxyl groups is 1. The fourth-order valence-corrected chi connectivity index (χ4v) is 1.78. The summed E-state index contributed by atoms with van der Waals surface area (Å²) < 4.78 is 1.91. The van der Waals surface area contributed by atoms with Gasteiger partial charge in [0.2, 0.25) is 5.91 Å². The Balaban J connectivity index is 0.00000144. The highest BCUT2D eigenvalue weighted by atomic mass is 35.5. The van der Waals surface area contributed by atoms with Gasteiger partial charge in [0, 0.05) is 23.8 Å². The van der Waals surface area contributed by atoms with Gasteiger partial charge in [-0.1, -0.05) is 6.07 Å². The molecular weight excluding hydrogens is 240 g/mol. The van der Waals surface area contributed by atoms with E-state index in [9.17, 15) is 9.90 Å². The van der Waals surface area contributed by atoms with E-state index in [1.165, 1.54) is 0 Å². The zero-order valence-electron chi connectivity index (χ0n) is 9.46. The maximum absolute atomic E-state index is 11.1. The number of amides is 1. The quantitative estimate of drug-likeness (QED) is 0.873. The van der Waals surface area contributed by atoms with Crippen LogP contribution in [-0.4, -0.2) is 21.7 Å². The van der Waals surface area contributed by atoms with Crippen molar-refractivity contribution in [2.24, 2.45) is 5.73 Å². The molecule has 1 atom stereocenters. The summed E-state index contributed by atoms with van der Waals surface area (Å²) in [4.78, 5) is 11.1. The average Bonchev–Trinajstić information content (AvgIpc) is 2.60. The molecule has 0 radical (unpaired) electrons. The van der Waals surface area contributed by atoms with Crippen LogP contribution in [-0.2, 0) is 6.54 Å². The predicted molar refractivity (Wildman–Crippen MR) is 69.4 cm³/mol. The van der Waals surface area contributed by atoms with E-state index in [1.807, 2.05) is 22.9 Å². The van der Waals surface area contributed by atoms with Gasteiger partial charge in [-0.15, -0.1) is 12.4 Å². The van der Waals surface area contributed by atoms with Gasteiger partial charge in [0.25, 0.3) is 0 Å². The first-order chi connectivity index (χ1) is 7.58. The number of nitrogens with zero attached hydrogens (tertiary/aromatic N) is 1. The molecule has 92 valence electrons. The number of rotatable bonds is 3. The summed E-state index contributed by atoms with van der Waals surface area (Å²) in [5.74, 6) is -0.438. The standard InChI is InChI=1S/C12H14N2O2.ClH/c1-8(15)7-14-5-4-9-2-3-10(12(13)16)6-11(9)14;/h2-6,8,15H,7H2,1H3,(H2,13,16);1H. The number of fused-ring (bicyclic) bond motifs is 1. The largest absolute Gasteiger partial charge is 0.392 e. The molecule has 0 saturated heterocycles. The Labute approximate surface area is 105 Å². The van der Waals surface area contributed by atoms with Crippen LogP contribution in [0.4, 0.5) is 0 Å². The summed E-state index contributed by atoms with van der Waals surface area (Å²) in [5, 5.41) is 10.4. The molecule has 2 aromatic rings. The minimum Gasteiger partial charge on any atom is -0.392 e. The fourth-order valence-electron chi connectivity index (χ4n) is 1.78. The Morgan fingerprint density at radius 2 is 2.18 bits per heavy atom. The molecule has 0 spiro atoms. The van der Waals surface area contributed by atoms with Crippen molar-refractivity contribution in [3.63, 3.8) is 0 Å².